The minimum atomic E-state index is -1.04. The van der Waals surface area contributed by atoms with E-state index in [4.69, 9.17) is 16.7 Å². The molecule has 6 heteroatoms. The molecule has 5 nitrogen and oxygen atoms in total. The Morgan fingerprint density at radius 3 is 2.94 bits per heavy atom. The van der Waals surface area contributed by atoms with Gasteiger partial charge in [0.15, 0.2) is 11.3 Å². The predicted octanol–water partition coefficient (Wildman–Crippen LogP) is 1.96. The van der Waals surface area contributed by atoms with Gasteiger partial charge in [0, 0.05) is 11.6 Å². The fourth-order valence-corrected chi connectivity index (χ4v) is 1.90. The van der Waals surface area contributed by atoms with Gasteiger partial charge in [0.05, 0.1) is 6.20 Å². The summed E-state index contributed by atoms with van der Waals surface area (Å²) in [5.74, 6) is -0.652. The highest BCUT2D eigenvalue weighted by molar-refractivity contribution is 6.33. The summed E-state index contributed by atoms with van der Waals surface area (Å²) in [5, 5.41) is 13.5. The van der Waals surface area contributed by atoms with E-state index in [2.05, 4.69) is 10.1 Å². The number of halogens is 1. The SMILES string of the molecule is O=C(O)c1cc(C2CC2)n2ncc(Cl)c2n1. The van der Waals surface area contributed by atoms with Gasteiger partial charge in [-0.25, -0.2) is 14.3 Å². The minimum Gasteiger partial charge on any atom is -0.477 e. The maximum Gasteiger partial charge on any atom is 0.354 e. The third-order valence-electron chi connectivity index (χ3n) is 2.67. The van der Waals surface area contributed by atoms with E-state index in [-0.39, 0.29) is 5.69 Å². The van der Waals surface area contributed by atoms with E-state index >= 15 is 0 Å². The molecule has 0 radical (unpaired) electrons. The van der Waals surface area contributed by atoms with Gasteiger partial charge in [0.25, 0.3) is 0 Å². The number of hydrogen-bond acceptors (Lipinski definition) is 3. The Kier molecular flexibility index (Phi) is 1.91. The van der Waals surface area contributed by atoms with Crippen molar-refractivity contribution >= 4 is 23.2 Å². The highest BCUT2D eigenvalue weighted by Gasteiger charge is 2.28. The van der Waals surface area contributed by atoms with Crippen LogP contribution in [0.5, 0.6) is 0 Å². The third-order valence-corrected chi connectivity index (χ3v) is 2.94. The monoisotopic (exact) mass is 237 g/mol. The summed E-state index contributed by atoms with van der Waals surface area (Å²) in [5.41, 5.74) is 1.33. The van der Waals surface area contributed by atoms with Crippen LogP contribution >= 0.6 is 11.6 Å². The fraction of sp³-hybridized carbons (Fsp3) is 0.300. The number of hydrogen-bond donors (Lipinski definition) is 1. The minimum absolute atomic E-state index is 0.0248. The molecule has 0 unspecified atom stereocenters. The molecule has 2 aromatic rings. The standard InChI is InChI=1S/C10H8ClN3O2/c11-6-4-12-14-8(5-1-2-5)3-7(10(15)16)13-9(6)14/h3-5H,1-2H2,(H,15,16). The van der Waals surface area contributed by atoms with E-state index in [1.54, 1.807) is 10.6 Å². The largest absolute Gasteiger partial charge is 0.477 e. The zero-order valence-electron chi connectivity index (χ0n) is 8.22. The summed E-state index contributed by atoms with van der Waals surface area (Å²) in [7, 11) is 0. The van der Waals surface area contributed by atoms with Crippen molar-refractivity contribution in [1.82, 2.24) is 14.6 Å². The van der Waals surface area contributed by atoms with E-state index in [0.29, 0.717) is 16.6 Å². The average Bonchev–Trinajstić information content (AvgIpc) is 3.03. The molecule has 0 aliphatic heterocycles. The van der Waals surface area contributed by atoms with Gasteiger partial charge in [0.1, 0.15) is 5.02 Å². The highest BCUT2D eigenvalue weighted by atomic mass is 35.5. The average molecular weight is 238 g/mol. The van der Waals surface area contributed by atoms with Crippen LogP contribution in [-0.2, 0) is 0 Å². The number of carboxylic acid groups (broad SMARTS) is 1. The Morgan fingerprint density at radius 2 is 2.31 bits per heavy atom. The summed E-state index contributed by atoms with van der Waals surface area (Å²) < 4.78 is 1.63. The normalized spacial score (nSPS) is 15.6. The molecule has 0 bridgehead atoms. The van der Waals surface area contributed by atoms with Crippen molar-refractivity contribution in [3.63, 3.8) is 0 Å². The van der Waals surface area contributed by atoms with Crippen molar-refractivity contribution in [3.05, 3.63) is 28.7 Å². The Hall–Kier alpha value is -1.62. The molecule has 1 fully saturated rings. The first kappa shape index (κ1) is 9.59. The smallest absolute Gasteiger partial charge is 0.354 e. The van der Waals surface area contributed by atoms with E-state index in [9.17, 15) is 4.79 Å². The van der Waals surface area contributed by atoms with Crippen molar-refractivity contribution < 1.29 is 9.90 Å². The molecule has 1 N–H and O–H groups in total. The number of carboxylic acids is 1. The molecular formula is C10H8ClN3O2. The first-order valence-electron chi connectivity index (χ1n) is 4.94. The number of carbonyl (C=O) groups is 1. The zero-order chi connectivity index (χ0) is 11.3. The van der Waals surface area contributed by atoms with Crippen molar-refractivity contribution in [2.75, 3.05) is 0 Å². The molecule has 0 atom stereocenters. The van der Waals surface area contributed by atoms with Crippen molar-refractivity contribution in [1.29, 1.82) is 0 Å². The molecule has 1 saturated carbocycles. The van der Waals surface area contributed by atoms with Crippen LogP contribution < -0.4 is 0 Å². The molecule has 16 heavy (non-hydrogen) atoms. The van der Waals surface area contributed by atoms with Gasteiger partial charge in [0.2, 0.25) is 0 Å². The van der Waals surface area contributed by atoms with Crippen molar-refractivity contribution in [2.24, 2.45) is 0 Å². The molecule has 0 spiro atoms. The van der Waals surface area contributed by atoms with Crippen LogP contribution in [-0.4, -0.2) is 25.7 Å². The van der Waals surface area contributed by atoms with Crippen LogP contribution in [0.15, 0.2) is 12.3 Å². The van der Waals surface area contributed by atoms with Crippen LogP contribution in [0.4, 0.5) is 0 Å². The van der Waals surface area contributed by atoms with Crippen LogP contribution in [0, 0.1) is 0 Å². The lowest BCUT2D eigenvalue weighted by molar-refractivity contribution is 0.0690. The van der Waals surface area contributed by atoms with Crippen LogP contribution in [0.25, 0.3) is 5.65 Å². The summed E-state index contributed by atoms with van der Waals surface area (Å²) in [6.45, 7) is 0. The quantitative estimate of drug-likeness (QED) is 0.867. The molecule has 3 rings (SSSR count). The Morgan fingerprint density at radius 1 is 1.56 bits per heavy atom. The van der Waals surface area contributed by atoms with Gasteiger partial charge in [-0.15, -0.1) is 0 Å². The second-order valence-electron chi connectivity index (χ2n) is 3.87. The fourth-order valence-electron chi connectivity index (χ4n) is 1.74. The molecule has 0 saturated heterocycles. The number of nitrogens with zero attached hydrogens (tertiary/aromatic N) is 3. The molecule has 1 aliphatic carbocycles. The van der Waals surface area contributed by atoms with Gasteiger partial charge in [-0.1, -0.05) is 11.6 Å². The maximum atomic E-state index is 10.9. The highest BCUT2D eigenvalue weighted by Crippen LogP contribution is 2.40. The maximum absolute atomic E-state index is 10.9. The molecule has 82 valence electrons. The second-order valence-corrected chi connectivity index (χ2v) is 4.28. The number of rotatable bonds is 2. The first-order chi connectivity index (χ1) is 7.66. The van der Waals surface area contributed by atoms with Gasteiger partial charge in [-0.2, -0.15) is 5.10 Å². The van der Waals surface area contributed by atoms with E-state index in [1.807, 2.05) is 0 Å². The summed E-state index contributed by atoms with van der Waals surface area (Å²) in [6.07, 6.45) is 3.62. The molecule has 0 aromatic carbocycles. The summed E-state index contributed by atoms with van der Waals surface area (Å²) in [6, 6.07) is 1.58. The zero-order valence-corrected chi connectivity index (χ0v) is 8.98. The van der Waals surface area contributed by atoms with Crippen molar-refractivity contribution in [3.8, 4) is 0 Å². The van der Waals surface area contributed by atoms with E-state index in [0.717, 1.165) is 18.5 Å². The molecule has 0 amide bonds. The number of aromatic nitrogens is 3. The lowest BCUT2D eigenvalue weighted by atomic mass is 10.2. The van der Waals surface area contributed by atoms with E-state index in [1.165, 1.54) is 6.20 Å². The Bertz CT molecular complexity index is 589. The van der Waals surface area contributed by atoms with Crippen LogP contribution in [0.3, 0.4) is 0 Å². The summed E-state index contributed by atoms with van der Waals surface area (Å²) in [4.78, 5) is 14.9. The molecule has 2 aromatic heterocycles. The predicted molar refractivity (Wildman–Crippen MR) is 56.9 cm³/mol. The second kappa shape index (κ2) is 3.18. The molecular weight excluding hydrogens is 230 g/mol. The van der Waals surface area contributed by atoms with Crippen molar-refractivity contribution in [2.45, 2.75) is 18.8 Å². The van der Waals surface area contributed by atoms with Gasteiger partial charge in [-0.3, -0.25) is 0 Å². The number of fused-ring (bicyclic) bond motifs is 1. The Balaban J connectivity index is 2.32. The number of aromatic carboxylic acids is 1. The summed E-state index contributed by atoms with van der Waals surface area (Å²) >= 11 is 5.91. The molecule has 1 aliphatic rings. The Labute approximate surface area is 95.7 Å². The van der Waals surface area contributed by atoms with E-state index < -0.39 is 5.97 Å². The first-order valence-corrected chi connectivity index (χ1v) is 5.32. The lowest BCUT2D eigenvalue weighted by Crippen LogP contribution is -2.07. The topological polar surface area (TPSA) is 67.5 Å². The van der Waals surface area contributed by atoms with Gasteiger partial charge < -0.3 is 5.11 Å². The lowest BCUT2D eigenvalue weighted by Gasteiger charge is -2.04. The third kappa shape index (κ3) is 1.36. The molecule has 2 heterocycles. The van der Waals surface area contributed by atoms with Gasteiger partial charge in [-0.05, 0) is 18.9 Å². The van der Waals surface area contributed by atoms with Crippen LogP contribution in [0.1, 0.15) is 34.9 Å². The van der Waals surface area contributed by atoms with Gasteiger partial charge >= 0.3 is 5.97 Å². The van der Waals surface area contributed by atoms with Crippen LogP contribution in [0.2, 0.25) is 5.02 Å².